The molecule has 0 saturated carbocycles. The van der Waals surface area contributed by atoms with Crippen LogP contribution in [0.25, 0.3) is 0 Å². The van der Waals surface area contributed by atoms with Crippen LogP contribution in [0, 0.1) is 30.9 Å². The highest BCUT2D eigenvalue weighted by molar-refractivity contribution is 6.34. The molecule has 0 aliphatic carbocycles. The van der Waals surface area contributed by atoms with Gasteiger partial charge >= 0.3 is 0 Å². The van der Waals surface area contributed by atoms with E-state index in [1.54, 1.807) is 0 Å². The standard InChI is InChI=1S/C18H18ClN3O4/c1-10-6-11(2)17(12(3)7-10)21-16(23)9-20-18(24)14-8-13(22(25)26)4-5-15(14)19/h4-8H,9H2,1-3H3,(H,20,24)(H,21,23). The van der Waals surface area contributed by atoms with Crippen molar-refractivity contribution in [2.75, 3.05) is 11.9 Å². The maximum Gasteiger partial charge on any atom is 0.270 e. The van der Waals surface area contributed by atoms with Gasteiger partial charge in [0.1, 0.15) is 0 Å². The summed E-state index contributed by atoms with van der Waals surface area (Å²) in [4.78, 5) is 34.5. The molecule has 2 rings (SSSR count). The van der Waals surface area contributed by atoms with Gasteiger partial charge < -0.3 is 10.6 Å². The number of carbonyl (C=O) groups excluding carboxylic acids is 2. The zero-order valence-corrected chi connectivity index (χ0v) is 15.3. The first-order valence-corrected chi connectivity index (χ1v) is 8.16. The van der Waals surface area contributed by atoms with Crippen LogP contribution in [0.1, 0.15) is 27.0 Å². The lowest BCUT2D eigenvalue weighted by molar-refractivity contribution is -0.384. The second-order valence-corrected chi connectivity index (χ2v) is 6.33. The third-order valence-corrected chi connectivity index (χ3v) is 4.09. The number of halogens is 1. The van der Waals surface area contributed by atoms with Gasteiger partial charge in [-0.15, -0.1) is 0 Å². The molecule has 7 nitrogen and oxygen atoms in total. The van der Waals surface area contributed by atoms with Crippen molar-refractivity contribution in [3.05, 3.63) is 67.7 Å². The monoisotopic (exact) mass is 375 g/mol. The Balaban J connectivity index is 2.05. The molecule has 0 bridgehead atoms. The highest BCUT2D eigenvalue weighted by Gasteiger charge is 2.17. The number of hydrogen-bond donors (Lipinski definition) is 2. The van der Waals surface area contributed by atoms with Crippen LogP contribution in [0.4, 0.5) is 11.4 Å². The van der Waals surface area contributed by atoms with Gasteiger partial charge in [-0.3, -0.25) is 19.7 Å². The van der Waals surface area contributed by atoms with E-state index in [2.05, 4.69) is 10.6 Å². The van der Waals surface area contributed by atoms with Gasteiger partial charge in [-0.1, -0.05) is 29.3 Å². The molecule has 0 aliphatic rings. The summed E-state index contributed by atoms with van der Waals surface area (Å²) in [5.74, 6) is -1.07. The fourth-order valence-corrected chi connectivity index (χ4v) is 2.82. The number of rotatable bonds is 5. The molecular formula is C18H18ClN3O4. The van der Waals surface area contributed by atoms with E-state index in [0.29, 0.717) is 5.69 Å². The molecule has 136 valence electrons. The maximum atomic E-state index is 12.2. The first-order valence-electron chi connectivity index (χ1n) is 7.79. The van der Waals surface area contributed by atoms with Crippen LogP contribution >= 0.6 is 11.6 Å². The molecule has 2 amide bonds. The van der Waals surface area contributed by atoms with Crippen LogP contribution in [-0.2, 0) is 4.79 Å². The molecule has 0 heterocycles. The van der Waals surface area contributed by atoms with Crippen LogP contribution in [0.15, 0.2) is 30.3 Å². The minimum absolute atomic E-state index is 0.0589. The van der Waals surface area contributed by atoms with E-state index in [9.17, 15) is 19.7 Å². The Kier molecular flexibility index (Phi) is 5.94. The minimum atomic E-state index is -0.661. The van der Waals surface area contributed by atoms with E-state index in [0.717, 1.165) is 22.8 Å². The third kappa shape index (κ3) is 4.58. The lowest BCUT2D eigenvalue weighted by atomic mass is 10.1. The molecule has 2 aromatic carbocycles. The van der Waals surface area contributed by atoms with Gasteiger partial charge in [-0.2, -0.15) is 0 Å². The second-order valence-electron chi connectivity index (χ2n) is 5.93. The van der Waals surface area contributed by atoms with Crippen molar-refractivity contribution < 1.29 is 14.5 Å². The van der Waals surface area contributed by atoms with Crippen molar-refractivity contribution in [3.8, 4) is 0 Å². The van der Waals surface area contributed by atoms with Gasteiger partial charge in [0.2, 0.25) is 5.91 Å². The van der Waals surface area contributed by atoms with Crippen molar-refractivity contribution in [2.24, 2.45) is 0 Å². The zero-order valence-electron chi connectivity index (χ0n) is 14.6. The van der Waals surface area contributed by atoms with E-state index in [-0.39, 0.29) is 22.8 Å². The van der Waals surface area contributed by atoms with Crippen molar-refractivity contribution in [1.82, 2.24) is 5.32 Å². The number of non-ortho nitro benzene ring substituents is 1. The van der Waals surface area contributed by atoms with Gasteiger partial charge in [0.15, 0.2) is 0 Å². The molecule has 0 unspecified atom stereocenters. The number of nitro benzene ring substituents is 1. The molecule has 0 radical (unpaired) electrons. The van der Waals surface area contributed by atoms with Gasteiger partial charge in [-0.25, -0.2) is 0 Å². The molecule has 2 N–H and O–H groups in total. The number of nitrogens with zero attached hydrogens (tertiary/aromatic N) is 1. The predicted molar refractivity (Wildman–Crippen MR) is 99.7 cm³/mol. The number of aryl methyl sites for hydroxylation is 3. The van der Waals surface area contributed by atoms with Gasteiger partial charge in [-0.05, 0) is 38.0 Å². The molecule has 0 atom stereocenters. The van der Waals surface area contributed by atoms with Crippen LogP contribution in [-0.4, -0.2) is 23.3 Å². The first kappa shape index (κ1) is 19.4. The van der Waals surface area contributed by atoms with E-state index in [1.165, 1.54) is 12.1 Å². The molecule has 2 aromatic rings. The predicted octanol–water partition coefficient (Wildman–Crippen LogP) is 3.54. The number of anilines is 1. The average Bonchev–Trinajstić information content (AvgIpc) is 2.56. The quantitative estimate of drug-likeness (QED) is 0.616. The number of nitro groups is 1. The summed E-state index contributed by atoms with van der Waals surface area (Å²) in [5.41, 5.74) is 3.31. The van der Waals surface area contributed by atoms with Crippen molar-refractivity contribution >= 4 is 34.8 Å². The lowest BCUT2D eigenvalue weighted by Gasteiger charge is -2.13. The summed E-state index contributed by atoms with van der Waals surface area (Å²) in [7, 11) is 0. The number of amides is 2. The van der Waals surface area contributed by atoms with Crippen molar-refractivity contribution in [3.63, 3.8) is 0 Å². The number of hydrogen-bond acceptors (Lipinski definition) is 4. The first-order chi connectivity index (χ1) is 12.2. The summed E-state index contributed by atoms with van der Waals surface area (Å²) >= 11 is 5.91. The summed E-state index contributed by atoms with van der Waals surface area (Å²) < 4.78 is 0. The Labute approximate surface area is 155 Å². The highest BCUT2D eigenvalue weighted by atomic mass is 35.5. The second kappa shape index (κ2) is 7.97. The van der Waals surface area contributed by atoms with Crippen molar-refractivity contribution in [2.45, 2.75) is 20.8 Å². The summed E-state index contributed by atoms with van der Waals surface area (Å²) in [5, 5.41) is 16.1. The fraction of sp³-hybridized carbons (Fsp3) is 0.222. The van der Waals surface area contributed by atoms with E-state index >= 15 is 0 Å². The number of nitrogens with one attached hydrogen (secondary N) is 2. The molecule has 26 heavy (non-hydrogen) atoms. The molecular weight excluding hydrogens is 358 g/mol. The molecule has 0 aromatic heterocycles. The SMILES string of the molecule is Cc1cc(C)c(NC(=O)CNC(=O)c2cc([N+](=O)[O-])ccc2Cl)c(C)c1. The van der Waals surface area contributed by atoms with E-state index in [4.69, 9.17) is 11.6 Å². The summed E-state index contributed by atoms with van der Waals surface area (Å²) in [6.07, 6.45) is 0. The highest BCUT2D eigenvalue weighted by Crippen LogP contribution is 2.23. The molecule has 0 aliphatic heterocycles. The Hall–Kier alpha value is -2.93. The topological polar surface area (TPSA) is 101 Å². The molecule has 0 fully saturated rings. The summed E-state index contributed by atoms with van der Waals surface area (Å²) in [6.45, 7) is 5.45. The smallest absolute Gasteiger partial charge is 0.270 e. The Morgan fingerprint density at radius 2 is 1.73 bits per heavy atom. The van der Waals surface area contributed by atoms with Gasteiger partial charge in [0, 0.05) is 17.8 Å². The number of carbonyl (C=O) groups is 2. The zero-order chi connectivity index (χ0) is 19.4. The van der Waals surface area contributed by atoms with E-state index in [1.807, 2.05) is 32.9 Å². The maximum absolute atomic E-state index is 12.2. The van der Waals surface area contributed by atoms with Crippen LogP contribution < -0.4 is 10.6 Å². The van der Waals surface area contributed by atoms with Crippen LogP contribution in [0.5, 0.6) is 0 Å². The van der Waals surface area contributed by atoms with Gasteiger partial charge in [0.05, 0.1) is 22.1 Å². The van der Waals surface area contributed by atoms with Crippen LogP contribution in [0.2, 0.25) is 5.02 Å². The lowest BCUT2D eigenvalue weighted by Crippen LogP contribution is -2.33. The average molecular weight is 376 g/mol. The van der Waals surface area contributed by atoms with Gasteiger partial charge in [0.25, 0.3) is 11.6 Å². The van der Waals surface area contributed by atoms with Crippen molar-refractivity contribution in [1.29, 1.82) is 0 Å². The largest absolute Gasteiger partial charge is 0.343 e. The minimum Gasteiger partial charge on any atom is -0.343 e. The fourth-order valence-electron chi connectivity index (χ4n) is 2.62. The van der Waals surface area contributed by atoms with E-state index < -0.39 is 16.7 Å². The normalized spacial score (nSPS) is 10.3. The molecule has 8 heteroatoms. The van der Waals surface area contributed by atoms with Crippen LogP contribution in [0.3, 0.4) is 0 Å². The third-order valence-electron chi connectivity index (χ3n) is 3.76. The Bertz CT molecular complexity index is 873. The number of benzene rings is 2. The Morgan fingerprint density at radius 1 is 1.12 bits per heavy atom. The molecule has 0 saturated heterocycles. The molecule has 0 spiro atoms. The summed E-state index contributed by atoms with van der Waals surface area (Å²) in [6, 6.07) is 7.44. The Morgan fingerprint density at radius 3 is 2.31 bits per heavy atom.